The maximum Gasteiger partial charge on any atom is 0.269 e. The van der Waals surface area contributed by atoms with Gasteiger partial charge in [-0.2, -0.15) is 5.26 Å². The molecule has 0 saturated heterocycles. The van der Waals surface area contributed by atoms with Gasteiger partial charge in [-0.15, -0.1) is 0 Å². The third kappa shape index (κ3) is 4.04. The van der Waals surface area contributed by atoms with Crippen molar-refractivity contribution >= 4 is 27.3 Å². The molecular formula is C15H12BrN3O2. The van der Waals surface area contributed by atoms with Crippen molar-refractivity contribution in [2.75, 3.05) is 11.9 Å². The SMILES string of the molecule is N#Cc1ccc(NCCc2ccc([N+](=O)[O-])cc2)c(Br)c1. The van der Waals surface area contributed by atoms with E-state index < -0.39 is 4.92 Å². The highest BCUT2D eigenvalue weighted by atomic mass is 79.9. The lowest BCUT2D eigenvalue weighted by Crippen LogP contribution is -2.05. The maximum atomic E-state index is 10.6. The number of nitriles is 1. The topological polar surface area (TPSA) is 79.0 Å². The Kier molecular flexibility index (Phi) is 4.90. The van der Waals surface area contributed by atoms with Crippen molar-refractivity contribution in [1.29, 1.82) is 5.26 Å². The van der Waals surface area contributed by atoms with Gasteiger partial charge >= 0.3 is 0 Å². The van der Waals surface area contributed by atoms with Crippen molar-refractivity contribution < 1.29 is 4.92 Å². The molecule has 0 bridgehead atoms. The first-order valence-electron chi connectivity index (χ1n) is 6.27. The minimum Gasteiger partial charge on any atom is -0.384 e. The lowest BCUT2D eigenvalue weighted by Gasteiger charge is -2.08. The van der Waals surface area contributed by atoms with Crippen LogP contribution in [0.15, 0.2) is 46.9 Å². The fourth-order valence-electron chi connectivity index (χ4n) is 1.85. The van der Waals surface area contributed by atoms with Gasteiger partial charge < -0.3 is 5.32 Å². The molecule has 0 aromatic heterocycles. The predicted octanol–water partition coefficient (Wildman–Crippen LogP) is 3.88. The Labute approximate surface area is 130 Å². The molecule has 106 valence electrons. The quantitative estimate of drug-likeness (QED) is 0.658. The summed E-state index contributed by atoms with van der Waals surface area (Å²) in [5, 5.41) is 22.6. The molecule has 21 heavy (non-hydrogen) atoms. The Hall–Kier alpha value is -2.39. The lowest BCUT2D eigenvalue weighted by molar-refractivity contribution is -0.384. The van der Waals surface area contributed by atoms with E-state index in [1.54, 1.807) is 24.3 Å². The smallest absolute Gasteiger partial charge is 0.269 e. The molecule has 0 radical (unpaired) electrons. The van der Waals surface area contributed by atoms with Crippen molar-refractivity contribution in [2.24, 2.45) is 0 Å². The van der Waals surface area contributed by atoms with Gasteiger partial charge in [0.2, 0.25) is 0 Å². The Morgan fingerprint density at radius 3 is 2.52 bits per heavy atom. The summed E-state index contributed by atoms with van der Waals surface area (Å²) in [5.41, 5.74) is 2.64. The summed E-state index contributed by atoms with van der Waals surface area (Å²) in [6.07, 6.45) is 0.754. The molecular weight excluding hydrogens is 334 g/mol. The number of anilines is 1. The number of nitrogens with one attached hydrogen (secondary N) is 1. The van der Waals surface area contributed by atoms with Crippen LogP contribution in [0.4, 0.5) is 11.4 Å². The predicted molar refractivity (Wildman–Crippen MR) is 84.1 cm³/mol. The summed E-state index contributed by atoms with van der Waals surface area (Å²) >= 11 is 3.41. The summed E-state index contributed by atoms with van der Waals surface area (Å²) in [4.78, 5) is 10.2. The zero-order valence-electron chi connectivity index (χ0n) is 11.0. The molecule has 0 heterocycles. The molecule has 0 fully saturated rings. The first kappa shape index (κ1) is 15.0. The van der Waals surface area contributed by atoms with E-state index in [4.69, 9.17) is 5.26 Å². The van der Waals surface area contributed by atoms with Gasteiger partial charge in [0, 0.05) is 28.8 Å². The Morgan fingerprint density at radius 2 is 1.95 bits per heavy atom. The highest BCUT2D eigenvalue weighted by Gasteiger charge is 2.04. The summed E-state index contributed by atoms with van der Waals surface area (Å²) in [7, 11) is 0. The Bertz CT molecular complexity index is 693. The van der Waals surface area contributed by atoms with Gasteiger partial charge in [-0.25, -0.2) is 0 Å². The van der Waals surface area contributed by atoms with E-state index in [1.165, 1.54) is 12.1 Å². The van der Waals surface area contributed by atoms with Gasteiger partial charge in [0.1, 0.15) is 0 Å². The fraction of sp³-hybridized carbons (Fsp3) is 0.133. The molecule has 0 aliphatic rings. The second kappa shape index (κ2) is 6.86. The first-order chi connectivity index (χ1) is 10.1. The molecule has 0 saturated carbocycles. The minimum absolute atomic E-state index is 0.0987. The van der Waals surface area contributed by atoms with Crippen LogP contribution in [-0.4, -0.2) is 11.5 Å². The lowest BCUT2D eigenvalue weighted by atomic mass is 10.1. The molecule has 0 aliphatic heterocycles. The van der Waals surface area contributed by atoms with E-state index >= 15 is 0 Å². The van der Waals surface area contributed by atoms with Gasteiger partial charge in [-0.3, -0.25) is 10.1 Å². The number of benzene rings is 2. The van der Waals surface area contributed by atoms with Crippen LogP contribution in [0.3, 0.4) is 0 Å². The normalized spacial score (nSPS) is 9.90. The molecule has 0 aliphatic carbocycles. The monoisotopic (exact) mass is 345 g/mol. The number of hydrogen-bond acceptors (Lipinski definition) is 4. The van der Waals surface area contributed by atoms with Crippen LogP contribution in [0.25, 0.3) is 0 Å². The van der Waals surface area contributed by atoms with E-state index in [2.05, 4.69) is 27.3 Å². The number of rotatable bonds is 5. The molecule has 5 nitrogen and oxygen atoms in total. The Morgan fingerprint density at radius 1 is 1.24 bits per heavy atom. The zero-order chi connectivity index (χ0) is 15.2. The van der Waals surface area contributed by atoms with Gasteiger partial charge in [-0.1, -0.05) is 12.1 Å². The van der Waals surface area contributed by atoms with Crippen LogP contribution < -0.4 is 5.32 Å². The van der Waals surface area contributed by atoms with Gasteiger partial charge in [0.25, 0.3) is 5.69 Å². The highest BCUT2D eigenvalue weighted by molar-refractivity contribution is 9.10. The van der Waals surface area contributed by atoms with Crippen LogP contribution in [0.5, 0.6) is 0 Å². The first-order valence-corrected chi connectivity index (χ1v) is 7.06. The fourth-order valence-corrected chi connectivity index (χ4v) is 2.37. The molecule has 0 amide bonds. The highest BCUT2D eigenvalue weighted by Crippen LogP contribution is 2.23. The van der Waals surface area contributed by atoms with Crippen LogP contribution in [0.1, 0.15) is 11.1 Å². The average Bonchev–Trinajstić information content (AvgIpc) is 2.49. The minimum atomic E-state index is -0.407. The van der Waals surface area contributed by atoms with E-state index in [1.807, 2.05) is 6.07 Å². The number of nitro benzene ring substituents is 1. The molecule has 2 aromatic rings. The van der Waals surface area contributed by atoms with Gasteiger partial charge in [-0.05, 0) is 46.1 Å². The molecule has 0 spiro atoms. The largest absolute Gasteiger partial charge is 0.384 e. The van der Waals surface area contributed by atoms with Gasteiger partial charge in [0.15, 0.2) is 0 Å². The maximum absolute atomic E-state index is 10.6. The van der Waals surface area contributed by atoms with Crippen LogP contribution in [0, 0.1) is 21.4 Å². The van der Waals surface area contributed by atoms with E-state index in [0.29, 0.717) is 12.1 Å². The molecule has 0 atom stereocenters. The van der Waals surface area contributed by atoms with E-state index in [9.17, 15) is 10.1 Å². The molecule has 2 aromatic carbocycles. The third-order valence-electron chi connectivity index (χ3n) is 2.97. The number of hydrogen-bond donors (Lipinski definition) is 1. The summed E-state index contributed by atoms with van der Waals surface area (Å²) in [6.45, 7) is 0.697. The molecule has 2 rings (SSSR count). The summed E-state index contributed by atoms with van der Waals surface area (Å²) in [5.74, 6) is 0. The molecule has 1 N–H and O–H groups in total. The second-order valence-electron chi connectivity index (χ2n) is 4.41. The number of halogens is 1. The third-order valence-corrected chi connectivity index (χ3v) is 3.63. The summed E-state index contributed by atoms with van der Waals surface area (Å²) in [6, 6.07) is 14.0. The van der Waals surface area contributed by atoms with Crippen molar-refractivity contribution in [3.63, 3.8) is 0 Å². The number of nitro groups is 1. The van der Waals surface area contributed by atoms with Gasteiger partial charge in [0.05, 0.1) is 16.6 Å². The number of nitrogens with zero attached hydrogens (tertiary/aromatic N) is 2. The van der Waals surface area contributed by atoms with Crippen molar-refractivity contribution in [3.05, 3.63) is 68.2 Å². The van der Waals surface area contributed by atoms with E-state index in [0.717, 1.165) is 22.1 Å². The van der Waals surface area contributed by atoms with Crippen LogP contribution >= 0.6 is 15.9 Å². The second-order valence-corrected chi connectivity index (χ2v) is 5.26. The summed E-state index contributed by atoms with van der Waals surface area (Å²) < 4.78 is 0.838. The number of non-ortho nitro benzene ring substituents is 1. The molecule has 6 heteroatoms. The van der Waals surface area contributed by atoms with E-state index in [-0.39, 0.29) is 5.69 Å². The molecule has 0 unspecified atom stereocenters. The van der Waals surface area contributed by atoms with Crippen LogP contribution in [-0.2, 0) is 6.42 Å². The van der Waals surface area contributed by atoms with Crippen molar-refractivity contribution in [2.45, 2.75) is 6.42 Å². The van der Waals surface area contributed by atoms with Crippen LogP contribution in [0.2, 0.25) is 0 Å². The zero-order valence-corrected chi connectivity index (χ0v) is 12.6. The standard InChI is InChI=1S/C15H12BrN3O2/c16-14-9-12(10-17)3-6-15(14)18-8-7-11-1-4-13(5-2-11)19(20)21/h1-6,9,18H,7-8H2. The average molecular weight is 346 g/mol. The van der Waals surface area contributed by atoms with Crippen molar-refractivity contribution in [1.82, 2.24) is 0 Å². The van der Waals surface area contributed by atoms with Crippen molar-refractivity contribution in [3.8, 4) is 6.07 Å². The Balaban J connectivity index is 1.92.